The number of carboxylic acids is 1. The summed E-state index contributed by atoms with van der Waals surface area (Å²) in [5.41, 5.74) is -1.49. The van der Waals surface area contributed by atoms with Crippen LogP contribution in [0.5, 0.6) is 0 Å². The number of rotatable bonds is 4. The highest BCUT2D eigenvalue weighted by molar-refractivity contribution is 5.79. The van der Waals surface area contributed by atoms with Gasteiger partial charge in [-0.2, -0.15) is 13.2 Å². The van der Waals surface area contributed by atoms with Crippen molar-refractivity contribution in [2.24, 2.45) is 0 Å². The van der Waals surface area contributed by atoms with E-state index in [0.717, 1.165) is 26.2 Å². The van der Waals surface area contributed by atoms with Crippen LogP contribution in [0.4, 0.5) is 23.4 Å². The van der Waals surface area contributed by atoms with E-state index in [1.54, 1.807) is 18.2 Å². The van der Waals surface area contributed by atoms with Crippen LogP contribution in [0.15, 0.2) is 58.8 Å². The monoisotopic (exact) mass is 512 g/mol. The molecule has 0 saturated carbocycles. The number of carboxylic acid groups (broad SMARTS) is 1. The lowest BCUT2D eigenvalue weighted by Gasteiger charge is -2.34. The fraction of sp³-hybridized carbons (Fsp3) is 0.348. The summed E-state index contributed by atoms with van der Waals surface area (Å²) in [5, 5.41) is 27.9. The second-order valence-corrected chi connectivity index (χ2v) is 7.95. The number of benzene rings is 1. The third kappa shape index (κ3) is 5.91. The quantitative estimate of drug-likeness (QED) is 0.460. The molecule has 0 spiro atoms. The molecule has 2 atom stereocenters. The lowest BCUT2D eigenvalue weighted by molar-refractivity contribution is -0.192. The third-order valence-electron chi connectivity index (χ3n) is 5.45. The number of hydrogen-bond donors (Lipinski definition) is 4. The van der Waals surface area contributed by atoms with Gasteiger partial charge in [0.05, 0.1) is 5.70 Å². The van der Waals surface area contributed by atoms with E-state index in [1.165, 1.54) is 19.1 Å². The minimum absolute atomic E-state index is 0.0832. The number of alkyl halides is 4. The summed E-state index contributed by atoms with van der Waals surface area (Å²) < 4.78 is 53.6. The van der Waals surface area contributed by atoms with Crippen molar-refractivity contribution < 1.29 is 41.9 Å². The number of halogens is 4. The van der Waals surface area contributed by atoms with Gasteiger partial charge in [-0.05, 0) is 17.2 Å². The molecular formula is C23H24F4N4O5. The first-order valence-electron chi connectivity index (χ1n) is 10.8. The molecular weight excluding hydrogens is 488 g/mol. The van der Waals surface area contributed by atoms with Gasteiger partial charge in [0, 0.05) is 39.2 Å². The first-order valence-corrected chi connectivity index (χ1v) is 10.8. The largest absolute Gasteiger partial charge is 0.490 e. The van der Waals surface area contributed by atoms with E-state index in [0.29, 0.717) is 17.0 Å². The summed E-state index contributed by atoms with van der Waals surface area (Å²) in [5.74, 6) is -2.85. The van der Waals surface area contributed by atoms with Crippen molar-refractivity contribution in [3.05, 3.63) is 65.6 Å². The van der Waals surface area contributed by atoms with Crippen LogP contribution < -0.4 is 15.5 Å². The molecule has 1 saturated heterocycles. The number of anilines is 1. The van der Waals surface area contributed by atoms with E-state index in [1.807, 2.05) is 23.1 Å². The molecule has 1 aromatic carbocycles. The lowest BCUT2D eigenvalue weighted by atomic mass is 9.80. The van der Waals surface area contributed by atoms with Crippen LogP contribution in [0.3, 0.4) is 0 Å². The molecule has 4 N–H and O–H groups in total. The number of allylic oxidation sites excluding steroid dienone is 2. The van der Waals surface area contributed by atoms with Crippen LogP contribution in [-0.4, -0.2) is 65.7 Å². The Bertz CT molecular complexity index is 1140. The molecule has 194 valence electrons. The highest BCUT2D eigenvalue weighted by Crippen LogP contribution is 2.45. The normalized spacial score (nSPS) is 22.1. The highest BCUT2D eigenvalue weighted by Gasteiger charge is 2.51. The number of hydrogen-bond acceptors (Lipinski definition) is 7. The predicted octanol–water partition coefficient (Wildman–Crippen LogP) is 2.36. The molecule has 1 aliphatic heterocycles. The molecule has 1 amide bonds. The molecule has 0 bridgehead atoms. The fourth-order valence-electron chi connectivity index (χ4n) is 3.70. The van der Waals surface area contributed by atoms with E-state index >= 15 is 4.39 Å². The maximum atomic E-state index is 16.5. The first-order chi connectivity index (χ1) is 16.9. The first kappa shape index (κ1) is 26.9. The minimum atomic E-state index is -5.08. The van der Waals surface area contributed by atoms with Crippen LogP contribution in [0.2, 0.25) is 0 Å². The number of piperazine rings is 1. The Morgan fingerprint density at radius 3 is 2.36 bits per heavy atom. The average molecular weight is 512 g/mol. The summed E-state index contributed by atoms with van der Waals surface area (Å²) in [6, 6.07) is 10.5. The number of aliphatic carboxylic acids is 1. The molecule has 9 nitrogen and oxygen atoms in total. The SMILES string of the molecule is CC(=O)NC1=CC=C(c2ccccc2)C(O)C1(F)c1cc(N2CCNCC2)no1.O=C(O)C(F)(F)F. The minimum Gasteiger partial charge on any atom is -0.475 e. The van der Waals surface area contributed by atoms with Gasteiger partial charge >= 0.3 is 12.1 Å². The lowest BCUT2D eigenvalue weighted by Crippen LogP contribution is -2.45. The molecule has 2 unspecified atom stereocenters. The molecule has 2 aliphatic rings. The highest BCUT2D eigenvalue weighted by atomic mass is 19.4. The number of amides is 1. The van der Waals surface area contributed by atoms with Crippen molar-refractivity contribution in [1.29, 1.82) is 0 Å². The second-order valence-electron chi connectivity index (χ2n) is 7.95. The van der Waals surface area contributed by atoms with Gasteiger partial charge in [0.2, 0.25) is 11.6 Å². The summed E-state index contributed by atoms with van der Waals surface area (Å²) in [6.07, 6.45) is -3.60. The maximum Gasteiger partial charge on any atom is 0.490 e. The van der Waals surface area contributed by atoms with Crippen molar-refractivity contribution in [3.63, 3.8) is 0 Å². The van der Waals surface area contributed by atoms with Gasteiger partial charge in [-0.3, -0.25) is 4.79 Å². The number of aliphatic hydroxyl groups excluding tert-OH is 1. The summed E-state index contributed by atoms with van der Waals surface area (Å²) in [4.78, 5) is 22.5. The van der Waals surface area contributed by atoms with Gasteiger partial charge in [-0.25, -0.2) is 9.18 Å². The molecule has 36 heavy (non-hydrogen) atoms. The second kappa shape index (κ2) is 10.9. The zero-order valence-electron chi connectivity index (χ0n) is 19.1. The van der Waals surface area contributed by atoms with Gasteiger partial charge in [0.1, 0.15) is 6.10 Å². The molecule has 2 aromatic rings. The molecule has 0 radical (unpaired) electrons. The third-order valence-corrected chi connectivity index (χ3v) is 5.45. The maximum absolute atomic E-state index is 16.5. The Hall–Kier alpha value is -3.71. The van der Waals surface area contributed by atoms with Crippen LogP contribution in [0, 0.1) is 0 Å². The molecule has 1 fully saturated rings. The van der Waals surface area contributed by atoms with Crippen molar-refractivity contribution in [1.82, 2.24) is 15.8 Å². The molecule has 2 heterocycles. The van der Waals surface area contributed by atoms with E-state index in [4.69, 9.17) is 14.4 Å². The van der Waals surface area contributed by atoms with E-state index in [9.17, 15) is 23.1 Å². The number of carbonyl (C=O) groups excluding carboxylic acids is 1. The van der Waals surface area contributed by atoms with Gasteiger partial charge in [-0.15, -0.1) is 0 Å². The van der Waals surface area contributed by atoms with E-state index < -0.39 is 29.8 Å². The Kier molecular flexibility index (Phi) is 8.15. The van der Waals surface area contributed by atoms with E-state index in [-0.39, 0.29) is 11.5 Å². The van der Waals surface area contributed by atoms with Crippen molar-refractivity contribution >= 4 is 23.3 Å². The molecule has 13 heteroatoms. The number of nitrogens with one attached hydrogen (secondary N) is 2. The molecule has 1 aliphatic carbocycles. The van der Waals surface area contributed by atoms with Crippen molar-refractivity contribution in [3.8, 4) is 0 Å². The number of aliphatic hydroxyl groups is 1. The Balaban J connectivity index is 0.000000454. The van der Waals surface area contributed by atoms with Crippen molar-refractivity contribution in [2.75, 3.05) is 31.1 Å². The average Bonchev–Trinajstić information content (AvgIpc) is 3.34. The fourth-order valence-corrected chi connectivity index (χ4v) is 3.70. The summed E-state index contributed by atoms with van der Waals surface area (Å²) in [6.45, 7) is 4.32. The molecule has 1 aromatic heterocycles. The van der Waals surface area contributed by atoms with Gasteiger partial charge in [-0.1, -0.05) is 41.6 Å². The van der Waals surface area contributed by atoms with Gasteiger partial charge < -0.3 is 30.3 Å². The Morgan fingerprint density at radius 1 is 1.19 bits per heavy atom. The molecule has 4 rings (SSSR count). The van der Waals surface area contributed by atoms with Gasteiger partial charge in [0.25, 0.3) is 0 Å². The zero-order chi connectivity index (χ0) is 26.5. The summed E-state index contributed by atoms with van der Waals surface area (Å²) >= 11 is 0. The zero-order valence-corrected chi connectivity index (χ0v) is 19.1. The Labute approximate surface area is 203 Å². The predicted molar refractivity (Wildman–Crippen MR) is 120 cm³/mol. The van der Waals surface area contributed by atoms with E-state index in [2.05, 4.69) is 15.8 Å². The number of carbonyl (C=O) groups is 2. The summed E-state index contributed by atoms with van der Waals surface area (Å²) in [7, 11) is 0. The van der Waals surface area contributed by atoms with Crippen LogP contribution in [0.25, 0.3) is 5.57 Å². The smallest absolute Gasteiger partial charge is 0.475 e. The standard InChI is InChI=1S/C21H23FN4O3.C2HF3O2/c1-14(27)24-17-8-7-16(15-5-3-2-4-6-15)20(28)21(17,22)18-13-19(25-29-18)26-11-9-23-10-12-26;3-2(4,5)1(6)7/h2-8,13,20,23,28H,9-12H2,1H3,(H,24,27);(H,6,7). The van der Waals surface area contributed by atoms with Crippen LogP contribution >= 0.6 is 0 Å². The topological polar surface area (TPSA) is 128 Å². The van der Waals surface area contributed by atoms with Crippen molar-refractivity contribution in [2.45, 2.75) is 24.9 Å². The van der Waals surface area contributed by atoms with Crippen LogP contribution in [0.1, 0.15) is 18.2 Å². The van der Waals surface area contributed by atoms with Crippen LogP contribution in [-0.2, 0) is 15.3 Å². The number of nitrogens with zero attached hydrogens (tertiary/aromatic N) is 2. The Morgan fingerprint density at radius 2 is 1.81 bits per heavy atom. The number of aromatic nitrogens is 1. The van der Waals surface area contributed by atoms with Gasteiger partial charge in [0.15, 0.2) is 11.6 Å².